The Kier molecular flexibility index (Phi) is 6.33. The van der Waals surface area contributed by atoms with Crippen LogP contribution in [0.4, 0.5) is 10.1 Å². The van der Waals surface area contributed by atoms with Crippen LogP contribution in [0.1, 0.15) is 48.7 Å². The van der Waals surface area contributed by atoms with Crippen molar-refractivity contribution >= 4 is 34.5 Å². The van der Waals surface area contributed by atoms with Crippen molar-refractivity contribution in [2.45, 2.75) is 32.7 Å². The number of thiophene rings is 1. The van der Waals surface area contributed by atoms with E-state index in [0.29, 0.717) is 22.8 Å². The van der Waals surface area contributed by atoms with Gasteiger partial charge in [0.05, 0.1) is 12.2 Å². The van der Waals surface area contributed by atoms with Gasteiger partial charge in [-0.15, -0.1) is 11.3 Å². The molecule has 3 aromatic rings. The van der Waals surface area contributed by atoms with Crippen LogP contribution in [-0.2, 0) is 9.59 Å². The normalized spacial score (nSPS) is 17.7. The molecular formula is C26H24FNO4S. The topological polar surface area (TPSA) is 66.8 Å². The molecule has 1 aliphatic rings. The standard InChI is InChI=1S/C26H24FNO4S/c1-4-32-20-11-10-16(13-19(20)15(2)3)24(29)22-23(21-9-6-12-33-21)28(26(31)25(22)30)18-8-5-7-17(27)14-18/h5-15,23,29H,4H2,1-3H3/b24-22-. The van der Waals surface area contributed by atoms with Crippen molar-refractivity contribution in [2.75, 3.05) is 11.5 Å². The van der Waals surface area contributed by atoms with E-state index in [1.54, 1.807) is 36.4 Å². The van der Waals surface area contributed by atoms with E-state index in [1.807, 2.05) is 26.2 Å². The van der Waals surface area contributed by atoms with Crippen molar-refractivity contribution < 1.29 is 23.8 Å². The SMILES string of the molecule is CCOc1ccc(/C(O)=C2/C(=O)C(=O)N(c3cccc(F)c3)C2c2cccs2)cc1C(C)C. The van der Waals surface area contributed by atoms with Gasteiger partial charge in [0, 0.05) is 16.1 Å². The Morgan fingerprint density at radius 2 is 1.94 bits per heavy atom. The number of aliphatic hydroxyl groups excluding tert-OH is 1. The van der Waals surface area contributed by atoms with E-state index >= 15 is 0 Å². The number of hydrogen-bond acceptors (Lipinski definition) is 5. The Labute approximate surface area is 195 Å². The van der Waals surface area contributed by atoms with Crippen molar-refractivity contribution in [3.8, 4) is 5.75 Å². The van der Waals surface area contributed by atoms with Crippen molar-refractivity contribution in [2.24, 2.45) is 0 Å². The van der Waals surface area contributed by atoms with Gasteiger partial charge in [0.1, 0.15) is 23.4 Å². The summed E-state index contributed by atoms with van der Waals surface area (Å²) in [7, 11) is 0. The molecule has 170 valence electrons. The molecule has 1 fully saturated rings. The molecular weight excluding hydrogens is 441 g/mol. The molecule has 5 nitrogen and oxygen atoms in total. The zero-order chi connectivity index (χ0) is 23.7. The van der Waals surface area contributed by atoms with Crippen molar-refractivity contribution in [1.29, 1.82) is 0 Å². The summed E-state index contributed by atoms with van der Waals surface area (Å²) in [5, 5.41) is 13.1. The lowest BCUT2D eigenvalue weighted by molar-refractivity contribution is -0.132. The molecule has 0 radical (unpaired) electrons. The first-order valence-electron chi connectivity index (χ1n) is 10.7. The minimum absolute atomic E-state index is 0.0226. The van der Waals surface area contributed by atoms with Gasteiger partial charge in [-0.2, -0.15) is 0 Å². The first kappa shape index (κ1) is 22.7. The van der Waals surface area contributed by atoms with Gasteiger partial charge < -0.3 is 9.84 Å². The van der Waals surface area contributed by atoms with Gasteiger partial charge in [-0.05, 0) is 66.2 Å². The Morgan fingerprint density at radius 3 is 2.58 bits per heavy atom. The summed E-state index contributed by atoms with van der Waals surface area (Å²) in [5.41, 5.74) is 1.53. The minimum atomic E-state index is -0.860. The van der Waals surface area contributed by atoms with Crippen molar-refractivity contribution in [3.63, 3.8) is 0 Å². The van der Waals surface area contributed by atoms with Crippen LogP contribution in [0.3, 0.4) is 0 Å². The predicted octanol–water partition coefficient (Wildman–Crippen LogP) is 6.04. The van der Waals surface area contributed by atoms with E-state index in [4.69, 9.17) is 4.74 Å². The number of amides is 1. The molecule has 7 heteroatoms. The third-order valence-corrected chi connectivity index (χ3v) is 6.47. The summed E-state index contributed by atoms with van der Waals surface area (Å²) >= 11 is 1.36. The molecule has 1 N–H and O–H groups in total. The fourth-order valence-electron chi connectivity index (χ4n) is 4.03. The zero-order valence-corrected chi connectivity index (χ0v) is 19.4. The highest BCUT2D eigenvalue weighted by Crippen LogP contribution is 2.44. The number of nitrogens with zero attached hydrogens (tertiary/aromatic N) is 1. The van der Waals surface area contributed by atoms with E-state index in [-0.39, 0.29) is 22.9 Å². The molecule has 4 rings (SSSR count). The monoisotopic (exact) mass is 465 g/mol. The van der Waals surface area contributed by atoms with Crippen LogP contribution in [0.5, 0.6) is 5.75 Å². The van der Waals surface area contributed by atoms with E-state index in [2.05, 4.69) is 0 Å². The first-order chi connectivity index (χ1) is 15.8. The third kappa shape index (κ3) is 4.16. The van der Waals surface area contributed by atoms with Gasteiger partial charge in [-0.3, -0.25) is 14.5 Å². The second kappa shape index (κ2) is 9.19. The highest BCUT2D eigenvalue weighted by atomic mass is 32.1. The van der Waals surface area contributed by atoms with Crippen LogP contribution in [0.2, 0.25) is 0 Å². The minimum Gasteiger partial charge on any atom is -0.507 e. The Morgan fingerprint density at radius 1 is 1.15 bits per heavy atom. The van der Waals surface area contributed by atoms with Gasteiger partial charge in [0.25, 0.3) is 11.7 Å². The largest absolute Gasteiger partial charge is 0.507 e. The lowest BCUT2D eigenvalue weighted by Crippen LogP contribution is -2.29. The Bertz CT molecular complexity index is 1230. The molecule has 0 spiro atoms. The van der Waals surface area contributed by atoms with Crippen LogP contribution < -0.4 is 9.64 Å². The molecule has 33 heavy (non-hydrogen) atoms. The summed E-state index contributed by atoms with van der Waals surface area (Å²) in [6.07, 6.45) is 0. The van der Waals surface area contributed by atoms with Crippen LogP contribution in [-0.4, -0.2) is 23.4 Å². The number of hydrogen-bond donors (Lipinski definition) is 1. The van der Waals surface area contributed by atoms with E-state index in [9.17, 15) is 19.1 Å². The average Bonchev–Trinajstić information content (AvgIpc) is 3.40. The summed E-state index contributed by atoms with van der Waals surface area (Å²) in [6, 6.07) is 13.5. The first-order valence-corrected chi connectivity index (χ1v) is 11.6. The van der Waals surface area contributed by atoms with Gasteiger partial charge in [-0.1, -0.05) is 26.0 Å². The maximum atomic E-state index is 14.0. The number of aliphatic hydroxyl groups is 1. The number of carbonyl (C=O) groups is 2. The maximum Gasteiger partial charge on any atom is 0.300 e. The van der Waals surface area contributed by atoms with E-state index < -0.39 is 23.5 Å². The van der Waals surface area contributed by atoms with Crippen molar-refractivity contribution in [1.82, 2.24) is 0 Å². The molecule has 0 bridgehead atoms. The molecule has 0 aliphatic carbocycles. The van der Waals surface area contributed by atoms with E-state index in [0.717, 1.165) is 5.56 Å². The lowest BCUT2D eigenvalue weighted by atomic mass is 9.95. The fraction of sp³-hybridized carbons (Fsp3) is 0.231. The molecule has 1 unspecified atom stereocenters. The fourth-order valence-corrected chi connectivity index (χ4v) is 4.85. The average molecular weight is 466 g/mol. The zero-order valence-electron chi connectivity index (χ0n) is 18.5. The quantitative estimate of drug-likeness (QED) is 0.274. The van der Waals surface area contributed by atoms with Gasteiger partial charge in [0.2, 0.25) is 0 Å². The smallest absolute Gasteiger partial charge is 0.300 e. The summed E-state index contributed by atoms with van der Waals surface area (Å²) < 4.78 is 19.7. The van der Waals surface area contributed by atoms with Crippen LogP contribution in [0, 0.1) is 5.82 Å². The molecule has 1 atom stereocenters. The molecule has 1 saturated heterocycles. The number of benzene rings is 2. The van der Waals surface area contributed by atoms with Crippen LogP contribution in [0.25, 0.3) is 5.76 Å². The summed E-state index contributed by atoms with van der Waals surface area (Å²) in [5.74, 6) is -1.59. The lowest BCUT2D eigenvalue weighted by Gasteiger charge is -2.24. The highest BCUT2D eigenvalue weighted by Gasteiger charge is 2.47. The molecule has 1 amide bonds. The van der Waals surface area contributed by atoms with Gasteiger partial charge in [-0.25, -0.2) is 4.39 Å². The number of ketones is 1. The number of ether oxygens (including phenoxy) is 1. The van der Waals surface area contributed by atoms with Gasteiger partial charge in [0.15, 0.2) is 0 Å². The van der Waals surface area contributed by atoms with Gasteiger partial charge >= 0.3 is 0 Å². The summed E-state index contributed by atoms with van der Waals surface area (Å²) in [6.45, 7) is 6.42. The number of halogens is 1. The van der Waals surface area contributed by atoms with Crippen LogP contribution >= 0.6 is 11.3 Å². The Hall–Kier alpha value is -3.45. The van der Waals surface area contributed by atoms with Crippen molar-refractivity contribution in [3.05, 3.63) is 87.4 Å². The molecule has 1 aliphatic heterocycles. The highest BCUT2D eigenvalue weighted by molar-refractivity contribution is 7.10. The third-order valence-electron chi connectivity index (χ3n) is 5.55. The molecule has 0 saturated carbocycles. The number of rotatable bonds is 6. The molecule has 2 heterocycles. The number of carbonyl (C=O) groups excluding carboxylic acids is 2. The number of Topliss-reactive ketones (excluding diaryl/α,β-unsaturated/α-hetero) is 1. The summed E-state index contributed by atoms with van der Waals surface area (Å²) in [4.78, 5) is 28.2. The molecule has 2 aromatic carbocycles. The van der Waals surface area contributed by atoms with E-state index in [1.165, 1.54) is 34.4 Å². The maximum absolute atomic E-state index is 14.0. The molecule has 1 aromatic heterocycles. The number of anilines is 1. The second-order valence-electron chi connectivity index (χ2n) is 8.00. The Balaban J connectivity index is 1.90. The van der Waals surface area contributed by atoms with Crippen LogP contribution in [0.15, 0.2) is 65.6 Å². The predicted molar refractivity (Wildman–Crippen MR) is 127 cm³/mol. The second-order valence-corrected chi connectivity index (χ2v) is 8.98.